The smallest absolute Gasteiger partial charge is 0.264 e. The van der Waals surface area contributed by atoms with Crippen molar-refractivity contribution in [3.05, 3.63) is 43.9 Å². The highest BCUT2D eigenvalue weighted by Crippen LogP contribution is 2.20. The van der Waals surface area contributed by atoms with E-state index in [1.165, 1.54) is 0 Å². The zero-order valence-electron chi connectivity index (χ0n) is 10.8. The third-order valence-corrected chi connectivity index (χ3v) is 3.77. The second-order valence-electron chi connectivity index (χ2n) is 4.82. The maximum Gasteiger partial charge on any atom is 0.264 e. The highest BCUT2D eigenvalue weighted by Gasteiger charge is 2.11. The molecule has 0 radical (unpaired) electrons. The van der Waals surface area contributed by atoms with E-state index in [2.05, 4.69) is 23.8 Å². The van der Waals surface area contributed by atoms with E-state index in [-0.39, 0.29) is 11.3 Å². The summed E-state index contributed by atoms with van der Waals surface area (Å²) in [4.78, 5) is 19.2. The van der Waals surface area contributed by atoms with Crippen LogP contribution in [0.25, 0.3) is 11.4 Å². The predicted octanol–water partition coefficient (Wildman–Crippen LogP) is 2.95. The standard InChI is InChI=1S/C14H15IN2O2/c1-8(2)6-11-12(15)14(19)17-13(16-11)9-4-3-5-10(18)7-9/h3-5,7-8,18H,6H2,1-2H3,(H,16,17,19). The molecule has 0 saturated carbocycles. The molecule has 0 aliphatic carbocycles. The van der Waals surface area contributed by atoms with Crippen molar-refractivity contribution in [2.24, 2.45) is 5.92 Å². The minimum Gasteiger partial charge on any atom is -0.508 e. The average molecular weight is 370 g/mol. The highest BCUT2D eigenvalue weighted by atomic mass is 127. The van der Waals surface area contributed by atoms with Crippen LogP contribution in [-0.4, -0.2) is 15.1 Å². The summed E-state index contributed by atoms with van der Waals surface area (Å²) in [5.41, 5.74) is 1.38. The van der Waals surface area contributed by atoms with Gasteiger partial charge in [0.05, 0.1) is 9.26 Å². The van der Waals surface area contributed by atoms with Crippen LogP contribution in [0, 0.1) is 9.49 Å². The normalized spacial score (nSPS) is 10.9. The molecule has 0 unspecified atom stereocenters. The Hall–Kier alpha value is -1.37. The van der Waals surface area contributed by atoms with Crippen molar-refractivity contribution in [1.82, 2.24) is 9.97 Å². The molecular weight excluding hydrogens is 355 g/mol. The maximum absolute atomic E-state index is 11.9. The van der Waals surface area contributed by atoms with E-state index in [0.717, 1.165) is 12.1 Å². The maximum atomic E-state index is 11.9. The number of H-pyrrole nitrogens is 1. The number of aromatic nitrogens is 2. The Kier molecular flexibility index (Phi) is 4.24. The van der Waals surface area contributed by atoms with Crippen LogP contribution in [0.4, 0.5) is 0 Å². The van der Waals surface area contributed by atoms with Crippen molar-refractivity contribution in [2.75, 3.05) is 0 Å². The van der Waals surface area contributed by atoms with Crippen LogP contribution >= 0.6 is 22.6 Å². The van der Waals surface area contributed by atoms with Gasteiger partial charge in [-0.15, -0.1) is 0 Å². The number of halogens is 1. The topological polar surface area (TPSA) is 66.0 Å². The molecule has 0 aliphatic rings. The van der Waals surface area contributed by atoms with Gasteiger partial charge >= 0.3 is 0 Å². The van der Waals surface area contributed by atoms with Gasteiger partial charge in [0, 0.05) is 5.56 Å². The largest absolute Gasteiger partial charge is 0.508 e. The summed E-state index contributed by atoms with van der Waals surface area (Å²) in [6.07, 6.45) is 0.758. The molecule has 2 N–H and O–H groups in total. The average Bonchev–Trinajstić information content (AvgIpc) is 2.34. The van der Waals surface area contributed by atoms with E-state index in [0.29, 0.717) is 20.9 Å². The highest BCUT2D eigenvalue weighted by molar-refractivity contribution is 14.1. The van der Waals surface area contributed by atoms with Gasteiger partial charge in [-0.05, 0) is 47.1 Å². The molecule has 0 bridgehead atoms. The molecule has 4 nitrogen and oxygen atoms in total. The van der Waals surface area contributed by atoms with Crippen molar-refractivity contribution in [1.29, 1.82) is 0 Å². The van der Waals surface area contributed by atoms with Crippen LogP contribution in [0.15, 0.2) is 29.1 Å². The number of rotatable bonds is 3. The van der Waals surface area contributed by atoms with Gasteiger partial charge in [-0.2, -0.15) is 0 Å². The third-order valence-electron chi connectivity index (χ3n) is 2.65. The number of hydrogen-bond donors (Lipinski definition) is 2. The van der Waals surface area contributed by atoms with Crippen LogP contribution < -0.4 is 5.56 Å². The van der Waals surface area contributed by atoms with Gasteiger partial charge in [0.1, 0.15) is 11.6 Å². The number of nitrogens with one attached hydrogen (secondary N) is 1. The Morgan fingerprint density at radius 1 is 1.42 bits per heavy atom. The summed E-state index contributed by atoms with van der Waals surface area (Å²) in [7, 11) is 0. The molecule has 100 valence electrons. The lowest BCUT2D eigenvalue weighted by Crippen LogP contribution is -2.17. The zero-order valence-corrected chi connectivity index (χ0v) is 12.9. The molecule has 2 rings (SSSR count). The Morgan fingerprint density at radius 3 is 2.79 bits per heavy atom. The number of aromatic hydroxyl groups is 1. The molecule has 1 heterocycles. The number of nitrogens with zero attached hydrogens (tertiary/aromatic N) is 1. The van der Waals surface area contributed by atoms with E-state index < -0.39 is 0 Å². The molecule has 0 spiro atoms. The first kappa shape index (κ1) is 14.0. The molecule has 2 aromatic rings. The molecule has 1 aromatic heterocycles. The van der Waals surface area contributed by atoms with E-state index in [1.54, 1.807) is 18.2 Å². The van der Waals surface area contributed by atoms with Crippen molar-refractivity contribution < 1.29 is 5.11 Å². The summed E-state index contributed by atoms with van der Waals surface area (Å²) in [6.45, 7) is 4.18. The third kappa shape index (κ3) is 3.34. The molecule has 1 aromatic carbocycles. The molecule has 19 heavy (non-hydrogen) atoms. The second-order valence-corrected chi connectivity index (χ2v) is 5.90. The van der Waals surface area contributed by atoms with E-state index in [1.807, 2.05) is 28.7 Å². The molecule has 5 heteroatoms. The molecule has 0 amide bonds. The first-order chi connectivity index (χ1) is 8.97. The van der Waals surface area contributed by atoms with Gasteiger partial charge in [-0.25, -0.2) is 4.98 Å². The molecular formula is C14H15IN2O2. The Balaban J connectivity index is 2.53. The van der Waals surface area contributed by atoms with Crippen LogP contribution in [0.2, 0.25) is 0 Å². The van der Waals surface area contributed by atoms with Crippen LogP contribution in [0.3, 0.4) is 0 Å². The molecule has 0 fully saturated rings. The SMILES string of the molecule is CC(C)Cc1nc(-c2cccc(O)c2)[nH]c(=O)c1I. The minimum absolute atomic E-state index is 0.135. The van der Waals surface area contributed by atoms with Crippen molar-refractivity contribution >= 4 is 22.6 Å². The van der Waals surface area contributed by atoms with Gasteiger partial charge < -0.3 is 10.1 Å². The van der Waals surface area contributed by atoms with Crippen LogP contribution in [0.1, 0.15) is 19.5 Å². The minimum atomic E-state index is -0.135. The van der Waals surface area contributed by atoms with E-state index in [4.69, 9.17) is 0 Å². The number of aromatic amines is 1. The Labute approximate surface area is 125 Å². The number of benzene rings is 1. The van der Waals surface area contributed by atoms with Crippen molar-refractivity contribution in [3.8, 4) is 17.1 Å². The van der Waals surface area contributed by atoms with E-state index in [9.17, 15) is 9.90 Å². The monoisotopic (exact) mass is 370 g/mol. The lowest BCUT2D eigenvalue weighted by molar-refractivity contribution is 0.475. The van der Waals surface area contributed by atoms with E-state index >= 15 is 0 Å². The van der Waals surface area contributed by atoms with Gasteiger partial charge in [-0.1, -0.05) is 26.0 Å². The Morgan fingerprint density at radius 2 is 2.16 bits per heavy atom. The second kappa shape index (κ2) is 5.73. The first-order valence-electron chi connectivity index (χ1n) is 6.05. The Bertz CT molecular complexity index is 650. The fraction of sp³-hybridized carbons (Fsp3) is 0.286. The summed E-state index contributed by atoms with van der Waals surface area (Å²) >= 11 is 2.03. The number of hydrogen-bond acceptors (Lipinski definition) is 3. The summed E-state index contributed by atoms with van der Waals surface area (Å²) in [5.74, 6) is 1.08. The van der Waals surface area contributed by atoms with Gasteiger partial charge in [0.25, 0.3) is 5.56 Å². The summed E-state index contributed by atoms with van der Waals surface area (Å²) in [5, 5.41) is 9.49. The van der Waals surface area contributed by atoms with Crippen LogP contribution in [0.5, 0.6) is 5.75 Å². The first-order valence-corrected chi connectivity index (χ1v) is 7.13. The predicted molar refractivity (Wildman–Crippen MR) is 83.2 cm³/mol. The molecule has 0 aliphatic heterocycles. The molecule has 0 saturated heterocycles. The summed E-state index contributed by atoms with van der Waals surface area (Å²) < 4.78 is 0.634. The fourth-order valence-electron chi connectivity index (χ4n) is 1.82. The fourth-order valence-corrected chi connectivity index (χ4v) is 2.29. The number of phenols is 1. The van der Waals surface area contributed by atoms with Crippen LogP contribution in [-0.2, 0) is 6.42 Å². The zero-order chi connectivity index (χ0) is 14.0. The lowest BCUT2D eigenvalue weighted by Gasteiger charge is -2.09. The van der Waals surface area contributed by atoms with Crippen molar-refractivity contribution in [3.63, 3.8) is 0 Å². The van der Waals surface area contributed by atoms with Gasteiger partial charge in [0.15, 0.2) is 0 Å². The summed E-state index contributed by atoms with van der Waals surface area (Å²) in [6, 6.07) is 6.71. The lowest BCUT2D eigenvalue weighted by atomic mass is 10.1. The quantitative estimate of drug-likeness (QED) is 0.817. The van der Waals surface area contributed by atoms with Gasteiger partial charge in [-0.3, -0.25) is 4.79 Å². The molecule has 0 atom stereocenters. The number of phenolic OH excluding ortho intramolecular Hbond substituents is 1. The van der Waals surface area contributed by atoms with Gasteiger partial charge in [0.2, 0.25) is 0 Å². The van der Waals surface area contributed by atoms with Crippen molar-refractivity contribution in [2.45, 2.75) is 20.3 Å².